The molecule has 0 fully saturated rings. The summed E-state index contributed by atoms with van der Waals surface area (Å²) < 4.78 is 1.71. The lowest BCUT2D eigenvalue weighted by molar-refractivity contribution is -0.142. The zero-order chi connectivity index (χ0) is 18.0. The van der Waals surface area contributed by atoms with Crippen LogP contribution in [0.5, 0.6) is 0 Å². The number of amides is 1. The number of halogens is 1. The van der Waals surface area contributed by atoms with Crippen molar-refractivity contribution >= 4 is 23.5 Å². The number of benzene rings is 1. The predicted octanol–water partition coefficient (Wildman–Crippen LogP) is 2.74. The number of hydrogen-bond acceptors (Lipinski definition) is 3. The van der Waals surface area contributed by atoms with Gasteiger partial charge in [-0.25, -0.2) is 4.79 Å². The molecule has 24 heavy (non-hydrogen) atoms. The van der Waals surface area contributed by atoms with Gasteiger partial charge in [-0.1, -0.05) is 23.7 Å². The third-order valence-electron chi connectivity index (χ3n) is 4.13. The Balaban J connectivity index is 2.24. The summed E-state index contributed by atoms with van der Waals surface area (Å²) in [6.45, 7) is 5.46. The Morgan fingerprint density at radius 2 is 1.83 bits per heavy atom. The number of aryl methyl sites for hydroxylation is 2. The Kier molecular flexibility index (Phi) is 5.29. The van der Waals surface area contributed by atoms with Crippen molar-refractivity contribution in [2.24, 2.45) is 7.05 Å². The molecule has 0 aliphatic carbocycles. The van der Waals surface area contributed by atoms with E-state index >= 15 is 0 Å². The van der Waals surface area contributed by atoms with Gasteiger partial charge in [-0.3, -0.25) is 9.48 Å². The Bertz CT molecular complexity index is 768. The van der Waals surface area contributed by atoms with Crippen molar-refractivity contribution < 1.29 is 14.7 Å². The third kappa shape index (κ3) is 3.59. The molecule has 2 unspecified atom stereocenters. The van der Waals surface area contributed by atoms with E-state index in [1.165, 1.54) is 0 Å². The molecule has 128 valence electrons. The van der Waals surface area contributed by atoms with Crippen LogP contribution in [-0.4, -0.2) is 26.8 Å². The molecule has 6 nitrogen and oxygen atoms in total. The Morgan fingerprint density at radius 1 is 1.25 bits per heavy atom. The molecular weight excluding hydrogens is 330 g/mol. The van der Waals surface area contributed by atoms with Gasteiger partial charge in [0.25, 0.3) is 0 Å². The molecule has 7 heteroatoms. The fourth-order valence-electron chi connectivity index (χ4n) is 2.76. The number of rotatable bonds is 5. The van der Waals surface area contributed by atoms with E-state index in [0.29, 0.717) is 10.6 Å². The molecule has 1 amide bonds. The number of aromatic nitrogens is 2. The van der Waals surface area contributed by atoms with E-state index in [0.717, 1.165) is 17.0 Å². The van der Waals surface area contributed by atoms with Crippen LogP contribution in [0, 0.1) is 13.8 Å². The molecule has 0 saturated carbocycles. The minimum absolute atomic E-state index is 0.364. The van der Waals surface area contributed by atoms with Crippen molar-refractivity contribution in [1.82, 2.24) is 15.1 Å². The standard InChI is InChI=1S/C17H20ClN3O3/c1-9(14-10(2)20-21(4)11(14)3)16(22)19-15(17(23)24)12-5-7-13(18)8-6-12/h5-9,15H,1-4H3,(H,19,22)(H,23,24). The first-order valence-corrected chi connectivity index (χ1v) is 7.89. The van der Waals surface area contributed by atoms with E-state index in [1.807, 2.05) is 20.9 Å². The molecule has 0 radical (unpaired) electrons. The van der Waals surface area contributed by atoms with Crippen LogP contribution in [0.4, 0.5) is 0 Å². The fourth-order valence-corrected chi connectivity index (χ4v) is 2.88. The smallest absolute Gasteiger partial charge is 0.330 e. The largest absolute Gasteiger partial charge is 0.479 e. The average Bonchev–Trinajstić information content (AvgIpc) is 2.77. The number of nitrogens with zero attached hydrogens (tertiary/aromatic N) is 2. The van der Waals surface area contributed by atoms with Gasteiger partial charge in [-0.2, -0.15) is 5.10 Å². The number of carboxylic acids is 1. The first-order valence-electron chi connectivity index (χ1n) is 7.51. The van der Waals surface area contributed by atoms with Gasteiger partial charge in [-0.05, 0) is 38.5 Å². The van der Waals surface area contributed by atoms with Crippen LogP contribution in [0.25, 0.3) is 0 Å². The van der Waals surface area contributed by atoms with Crippen LogP contribution < -0.4 is 5.32 Å². The van der Waals surface area contributed by atoms with Gasteiger partial charge in [0.2, 0.25) is 5.91 Å². The SMILES string of the molecule is Cc1nn(C)c(C)c1C(C)C(=O)NC(C(=O)O)c1ccc(Cl)cc1. The molecule has 2 N–H and O–H groups in total. The zero-order valence-electron chi connectivity index (χ0n) is 14.0. The second-order valence-corrected chi connectivity index (χ2v) is 6.20. The molecule has 0 bridgehead atoms. The van der Waals surface area contributed by atoms with E-state index in [-0.39, 0.29) is 5.91 Å². The Labute approximate surface area is 145 Å². The van der Waals surface area contributed by atoms with E-state index < -0.39 is 17.9 Å². The van der Waals surface area contributed by atoms with E-state index in [9.17, 15) is 14.7 Å². The first kappa shape index (κ1) is 18.0. The predicted molar refractivity (Wildman–Crippen MR) is 91.1 cm³/mol. The average molecular weight is 350 g/mol. The van der Waals surface area contributed by atoms with Crippen LogP contribution in [-0.2, 0) is 16.6 Å². The number of aliphatic carboxylic acids is 1. The summed E-state index contributed by atoms with van der Waals surface area (Å²) in [6, 6.07) is 5.24. The lowest BCUT2D eigenvalue weighted by Crippen LogP contribution is -2.36. The van der Waals surface area contributed by atoms with Crippen molar-refractivity contribution in [3.63, 3.8) is 0 Å². The molecule has 2 atom stereocenters. The minimum Gasteiger partial charge on any atom is -0.479 e. The molecule has 1 aromatic carbocycles. The number of hydrogen-bond donors (Lipinski definition) is 2. The number of nitrogens with one attached hydrogen (secondary N) is 1. The molecule has 2 rings (SSSR count). The lowest BCUT2D eigenvalue weighted by Gasteiger charge is -2.19. The van der Waals surface area contributed by atoms with E-state index in [2.05, 4.69) is 10.4 Å². The topological polar surface area (TPSA) is 84.2 Å². The molecule has 0 saturated heterocycles. The molecule has 1 aromatic heterocycles. The minimum atomic E-state index is -1.13. The van der Waals surface area contributed by atoms with Crippen molar-refractivity contribution in [2.75, 3.05) is 0 Å². The van der Waals surface area contributed by atoms with Crippen LogP contribution >= 0.6 is 11.6 Å². The van der Waals surface area contributed by atoms with Gasteiger partial charge in [0.05, 0.1) is 11.6 Å². The fraction of sp³-hybridized carbons (Fsp3) is 0.353. The maximum atomic E-state index is 12.6. The van der Waals surface area contributed by atoms with Crippen LogP contribution in [0.1, 0.15) is 41.4 Å². The Morgan fingerprint density at radius 3 is 2.29 bits per heavy atom. The Hall–Kier alpha value is -2.34. The normalized spacial score (nSPS) is 13.4. The van der Waals surface area contributed by atoms with Crippen molar-refractivity contribution in [1.29, 1.82) is 0 Å². The van der Waals surface area contributed by atoms with E-state index in [1.54, 1.807) is 35.9 Å². The molecule has 0 aliphatic heterocycles. The zero-order valence-corrected chi connectivity index (χ0v) is 14.8. The highest BCUT2D eigenvalue weighted by molar-refractivity contribution is 6.30. The van der Waals surface area contributed by atoms with E-state index in [4.69, 9.17) is 11.6 Å². The second-order valence-electron chi connectivity index (χ2n) is 5.76. The summed E-state index contributed by atoms with van der Waals surface area (Å²) in [4.78, 5) is 24.1. The first-order chi connectivity index (χ1) is 11.2. The van der Waals surface area contributed by atoms with Crippen LogP contribution in [0.2, 0.25) is 5.02 Å². The molecular formula is C17H20ClN3O3. The van der Waals surface area contributed by atoms with Gasteiger partial charge >= 0.3 is 5.97 Å². The maximum absolute atomic E-state index is 12.6. The monoisotopic (exact) mass is 349 g/mol. The van der Waals surface area contributed by atoms with Crippen molar-refractivity contribution in [3.05, 3.63) is 51.8 Å². The summed E-state index contributed by atoms with van der Waals surface area (Å²) in [5.41, 5.74) is 2.92. The molecule has 0 aliphatic rings. The van der Waals surface area contributed by atoms with Gasteiger partial charge < -0.3 is 10.4 Å². The maximum Gasteiger partial charge on any atom is 0.330 e. The van der Waals surface area contributed by atoms with Crippen molar-refractivity contribution in [3.8, 4) is 0 Å². The highest BCUT2D eigenvalue weighted by Crippen LogP contribution is 2.24. The molecule has 0 spiro atoms. The summed E-state index contributed by atoms with van der Waals surface area (Å²) in [6.07, 6.45) is 0. The summed E-state index contributed by atoms with van der Waals surface area (Å²) in [5, 5.41) is 16.8. The quantitative estimate of drug-likeness (QED) is 0.869. The summed E-state index contributed by atoms with van der Waals surface area (Å²) in [7, 11) is 1.81. The molecule has 2 aromatic rings. The number of carbonyl (C=O) groups is 2. The number of carbonyl (C=O) groups excluding carboxylic acids is 1. The molecule has 1 heterocycles. The highest BCUT2D eigenvalue weighted by Gasteiger charge is 2.28. The summed E-state index contributed by atoms with van der Waals surface area (Å²) >= 11 is 5.83. The second kappa shape index (κ2) is 7.05. The third-order valence-corrected chi connectivity index (χ3v) is 4.38. The van der Waals surface area contributed by atoms with Gasteiger partial charge in [0.15, 0.2) is 6.04 Å². The van der Waals surface area contributed by atoms with Crippen LogP contribution in [0.3, 0.4) is 0 Å². The summed E-state index contributed by atoms with van der Waals surface area (Å²) in [5.74, 6) is -2.00. The van der Waals surface area contributed by atoms with Crippen LogP contribution in [0.15, 0.2) is 24.3 Å². The highest BCUT2D eigenvalue weighted by atomic mass is 35.5. The van der Waals surface area contributed by atoms with Gasteiger partial charge in [0, 0.05) is 23.3 Å². The number of carboxylic acid groups (broad SMARTS) is 1. The van der Waals surface area contributed by atoms with Gasteiger partial charge in [-0.15, -0.1) is 0 Å². The van der Waals surface area contributed by atoms with Crippen molar-refractivity contribution in [2.45, 2.75) is 32.7 Å². The lowest BCUT2D eigenvalue weighted by atomic mass is 9.97. The van der Waals surface area contributed by atoms with Gasteiger partial charge in [0.1, 0.15) is 0 Å².